The number of carbonyl (C=O) groups is 1. The van der Waals surface area contributed by atoms with Crippen LogP contribution in [0.4, 0.5) is 5.69 Å². The van der Waals surface area contributed by atoms with Gasteiger partial charge in [0.25, 0.3) is 0 Å². The fourth-order valence-corrected chi connectivity index (χ4v) is 2.65. The highest BCUT2D eigenvalue weighted by molar-refractivity contribution is 8.00. The van der Waals surface area contributed by atoms with Gasteiger partial charge in [0.05, 0.1) is 16.5 Å². The van der Waals surface area contributed by atoms with E-state index >= 15 is 0 Å². The predicted molar refractivity (Wildman–Crippen MR) is 81.2 cm³/mol. The number of para-hydroxylation sites is 1. The van der Waals surface area contributed by atoms with Gasteiger partial charge in [0.15, 0.2) is 0 Å². The van der Waals surface area contributed by atoms with Crippen molar-refractivity contribution in [1.29, 1.82) is 5.26 Å². The maximum absolute atomic E-state index is 12.0. The summed E-state index contributed by atoms with van der Waals surface area (Å²) in [7, 11) is 0. The van der Waals surface area contributed by atoms with Crippen molar-refractivity contribution in [3.05, 3.63) is 29.8 Å². The molecule has 1 N–H and O–H groups in total. The number of benzene rings is 1. The molecule has 3 nitrogen and oxygen atoms in total. The maximum Gasteiger partial charge on any atom is 0.237 e. The van der Waals surface area contributed by atoms with E-state index in [1.165, 1.54) is 0 Å². The number of amides is 1. The Labute approximate surface area is 119 Å². The first-order chi connectivity index (χ1) is 9.04. The van der Waals surface area contributed by atoms with Gasteiger partial charge in [0.2, 0.25) is 5.91 Å². The molecule has 0 saturated heterocycles. The van der Waals surface area contributed by atoms with Crippen molar-refractivity contribution in [1.82, 2.24) is 0 Å². The first-order valence-electron chi connectivity index (χ1n) is 6.46. The van der Waals surface area contributed by atoms with E-state index in [2.05, 4.69) is 25.2 Å². The summed E-state index contributed by atoms with van der Waals surface area (Å²) < 4.78 is 0. The van der Waals surface area contributed by atoms with Gasteiger partial charge in [0, 0.05) is 0 Å². The number of nitrogens with zero attached hydrogens (tertiary/aromatic N) is 1. The second-order valence-corrected chi connectivity index (χ2v) is 6.29. The summed E-state index contributed by atoms with van der Waals surface area (Å²) in [5.74, 6) is 1.59. The average molecular weight is 276 g/mol. The summed E-state index contributed by atoms with van der Waals surface area (Å²) in [6.07, 6.45) is 1.11. The Morgan fingerprint density at radius 2 is 2.05 bits per heavy atom. The standard InChI is InChI=1S/C15H20N2OS/c1-11(2)8-9-19-12(3)15(18)17-14-7-5-4-6-13(14)10-16/h4-7,11-12H,8-9H2,1-3H3,(H,17,18). The molecule has 0 spiro atoms. The molecule has 1 aromatic rings. The minimum Gasteiger partial charge on any atom is -0.324 e. The number of rotatable bonds is 6. The van der Waals surface area contributed by atoms with Crippen LogP contribution >= 0.6 is 11.8 Å². The largest absolute Gasteiger partial charge is 0.324 e. The van der Waals surface area contributed by atoms with Crippen molar-refractivity contribution in [3.8, 4) is 6.07 Å². The molecule has 1 unspecified atom stereocenters. The lowest BCUT2D eigenvalue weighted by atomic mass is 10.2. The van der Waals surface area contributed by atoms with Crippen LogP contribution in [0.2, 0.25) is 0 Å². The number of thioether (sulfide) groups is 1. The van der Waals surface area contributed by atoms with Gasteiger partial charge in [0.1, 0.15) is 6.07 Å². The van der Waals surface area contributed by atoms with Gasteiger partial charge in [-0.2, -0.15) is 5.26 Å². The molecule has 1 rings (SSSR count). The normalized spacial score (nSPS) is 11.9. The monoisotopic (exact) mass is 276 g/mol. The summed E-state index contributed by atoms with van der Waals surface area (Å²) >= 11 is 1.65. The number of anilines is 1. The molecule has 1 atom stereocenters. The molecule has 0 bridgehead atoms. The van der Waals surface area contributed by atoms with Crippen LogP contribution in [0.1, 0.15) is 32.8 Å². The van der Waals surface area contributed by atoms with Crippen molar-refractivity contribution in [3.63, 3.8) is 0 Å². The van der Waals surface area contributed by atoms with E-state index in [-0.39, 0.29) is 11.2 Å². The van der Waals surface area contributed by atoms with Crippen LogP contribution in [-0.4, -0.2) is 16.9 Å². The van der Waals surface area contributed by atoms with Crippen LogP contribution < -0.4 is 5.32 Å². The Balaban J connectivity index is 2.52. The van der Waals surface area contributed by atoms with E-state index in [1.54, 1.807) is 30.0 Å². The molecule has 0 fully saturated rings. The molecule has 0 aliphatic heterocycles. The third kappa shape index (κ3) is 5.35. The number of hydrogen-bond acceptors (Lipinski definition) is 3. The summed E-state index contributed by atoms with van der Waals surface area (Å²) in [6.45, 7) is 6.25. The molecule has 0 radical (unpaired) electrons. The number of nitrogens with one attached hydrogen (secondary N) is 1. The predicted octanol–water partition coefficient (Wildman–Crippen LogP) is 3.66. The Hall–Kier alpha value is -1.47. The lowest BCUT2D eigenvalue weighted by molar-refractivity contribution is -0.115. The molecule has 0 aliphatic carbocycles. The molecule has 4 heteroatoms. The first kappa shape index (κ1) is 15.6. The highest BCUT2D eigenvalue weighted by Gasteiger charge is 2.14. The average Bonchev–Trinajstić information content (AvgIpc) is 2.38. The Kier molecular flexibility index (Phi) is 6.44. The van der Waals surface area contributed by atoms with Gasteiger partial charge in [-0.15, -0.1) is 11.8 Å². The molecule has 102 valence electrons. The highest BCUT2D eigenvalue weighted by Crippen LogP contribution is 2.18. The lowest BCUT2D eigenvalue weighted by Gasteiger charge is -2.13. The van der Waals surface area contributed by atoms with E-state index in [0.29, 0.717) is 17.2 Å². The minimum atomic E-state index is -0.106. The van der Waals surface area contributed by atoms with Gasteiger partial charge >= 0.3 is 0 Å². The van der Waals surface area contributed by atoms with Crippen molar-refractivity contribution in [2.45, 2.75) is 32.4 Å². The van der Waals surface area contributed by atoms with Gasteiger partial charge < -0.3 is 5.32 Å². The Bertz CT molecular complexity index is 465. The van der Waals surface area contributed by atoms with E-state index in [1.807, 2.05) is 13.0 Å². The number of carbonyl (C=O) groups excluding carboxylic acids is 1. The van der Waals surface area contributed by atoms with Crippen LogP contribution in [-0.2, 0) is 4.79 Å². The summed E-state index contributed by atoms with van der Waals surface area (Å²) in [6, 6.07) is 9.13. The zero-order valence-electron chi connectivity index (χ0n) is 11.6. The number of hydrogen-bond donors (Lipinski definition) is 1. The second kappa shape index (κ2) is 7.85. The minimum absolute atomic E-state index is 0.0449. The third-order valence-corrected chi connectivity index (χ3v) is 3.92. The topological polar surface area (TPSA) is 52.9 Å². The fraction of sp³-hybridized carbons (Fsp3) is 0.467. The number of nitriles is 1. The lowest BCUT2D eigenvalue weighted by Crippen LogP contribution is -2.23. The van der Waals surface area contributed by atoms with Gasteiger partial charge in [-0.3, -0.25) is 4.79 Å². The maximum atomic E-state index is 12.0. The molecule has 0 aliphatic rings. The smallest absolute Gasteiger partial charge is 0.237 e. The van der Waals surface area contributed by atoms with E-state index < -0.39 is 0 Å². The van der Waals surface area contributed by atoms with E-state index in [0.717, 1.165) is 12.2 Å². The van der Waals surface area contributed by atoms with Crippen LogP contribution in [0.3, 0.4) is 0 Å². The molecule has 0 heterocycles. The highest BCUT2D eigenvalue weighted by atomic mass is 32.2. The molecule has 0 aromatic heterocycles. The molecule has 0 saturated carbocycles. The summed E-state index contributed by atoms with van der Waals surface area (Å²) in [5, 5.41) is 11.7. The van der Waals surface area contributed by atoms with Crippen molar-refractivity contribution < 1.29 is 4.79 Å². The van der Waals surface area contributed by atoms with Crippen LogP contribution in [0.5, 0.6) is 0 Å². The van der Waals surface area contributed by atoms with Crippen LogP contribution in [0, 0.1) is 17.2 Å². The SMILES string of the molecule is CC(C)CCSC(C)C(=O)Nc1ccccc1C#N. The second-order valence-electron chi connectivity index (χ2n) is 4.84. The van der Waals surface area contributed by atoms with Crippen LogP contribution in [0.15, 0.2) is 24.3 Å². The van der Waals surface area contributed by atoms with Gasteiger partial charge in [-0.25, -0.2) is 0 Å². The first-order valence-corrected chi connectivity index (χ1v) is 7.51. The van der Waals surface area contributed by atoms with E-state index in [4.69, 9.17) is 5.26 Å². The fourth-order valence-electron chi connectivity index (χ4n) is 1.48. The van der Waals surface area contributed by atoms with Crippen molar-refractivity contribution in [2.24, 2.45) is 5.92 Å². The zero-order chi connectivity index (χ0) is 14.3. The Morgan fingerprint density at radius 1 is 1.37 bits per heavy atom. The summed E-state index contributed by atoms with van der Waals surface area (Å²) in [5.41, 5.74) is 1.08. The van der Waals surface area contributed by atoms with Crippen molar-refractivity contribution >= 4 is 23.4 Å². The van der Waals surface area contributed by atoms with Crippen molar-refractivity contribution in [2.75, 3.05) is 11.1 Å². The zero-order valence-corrected chi connectivity index (χ0v) is 12.5. The molecule has 19 heavy (non-hydrogen) atoms. The summed E-state index contributed by atoms with van der Waals surface area (Å²) in [4.78, 5) is 12.0. The molecule has 1 aromatic carbocycles. The van der Waals surface area contributed by atoms with Gasteiger partial charge in [-0.1, -0.05) is 26.0 Å². The quantitative estimate of drug-likeness (QED) is 0.862. The van der Waals surface area contributed by atoms with Gasteiger partial charge in [-0.05, 0) is 37.1 Å². The molecular weight excluding hydrogens is 256 g/mol. The molecular formula is C15H20N2OS. The van der Waals surface area contributed by atoms with E-state index in [9.17, 15) is 4.79 Å². The molecule has 1 amide bonds. The third-order valence-electron chi connectivity index (χ3n) is 2.74. The Morgan fingerprint density at radius 3 is 2.68 bits per heavy atom. The van der Waals surface area contributed by atoms with Crippen LogP contribution in [0.25, 0.3) is 0 Å².